The Kier molecular flexibility index (Phi) is 6.54. The minimum atomic E-state index is 0.336. The van der Waals surface area contributed by atoms with Crippen LogP contribution < -0.4 is 5.32 Å². The summed E-state index contributed by atoms with van der Waals surface area (Å²) < 4.78 is 5.40. The standard InChI is InChI=1S/C21H30N2O2/c1-17(7-8-21-6-3-13-25-21)22-20-5-2-4-19(14-20)15-23-11-9-18(16-24)10-12-23/h2-6,13-14,17-18,22,24H,7-12,15-16H2,1H3. The highest BCUT2D eigenvalue weighted by molar-refractivity contribution is 5.46. The maximum atomic E-state index is 9.26. The van der Waals surface area contributed by atoms with Gasteiger partial charge in [-0.3, -0.25) is 4.90 Å². The summed E-state index contributed by atoms with van der Waals surface area (Å²) >= 11 is 0. The van der Waals surface area contributed by atoms with E-state index < -0.39 is 0 Å². The van der Waals surface area contributed by atoms with E-state index >= 15 is 0 Å². The third-order valence-corrected chi connectivity index (χ3v) is 5.12. The molecule has 1 aromatic carbocycles. The first-order valence-electron chi connectivity index (χ1n) is 9.44. The van der Waals surface area contributed by atoms with Crippen molar-refractivity contribution in [2.45, 2.75) is 45.2 Å². The van der Waals surface area contributed by atoms with Crippen LogP contribution in [0.3, 0.4) is 0 Å². The van der Waals surface area contributed by atoms with Crippen LogP contribution in [0.2, 0.25) is 0 Å². The van der Waals surface area contributed by atoms with Gasteiger partial charge in [-0.2, -0.15) is 0 Å². The van der Waals surface area contributed by atoms with E-state index in [2.05, 4.69) is 41.4 Å². The Bertz CT molecular complexity index is 619. The second kappa shape index (κ2) is 9.07. The maximum Gasteiger partial charge on any atom is 0.103 e. The van der Waals surface area contributed by atoms with Crippen LogP contribution in [0.5, 0.6) is 0 Å². The summed E-state index contributed by atoms with van der Waals surface area (Å²) in [5.41, 5.74) is 2.54. The van der Waals surface area contributed by atoms with E-state index in [1.54, 1.807) is 6.26 Å². The molecule has 2 N–H and O–H groups in total. The van der Waals surface area contributed by atoms with E-state index in [1.807, 2.05) is 12.1 Å². The third kappa shape index (κ3) is 5.62. The first-order chi connectivity index (χ1) is 12.2. The zero-order chi connectivity index (χ0) is 17.5. The number of furan rings is 1. The lowest BCUT2D eigenvalue weighted by Gasteiger charge is -2.31. The van der Waals surface area contributed by atoms with Crippen molar-refractivity contribution < 1.29 is 9.52 Å². The Hall–Kier alpha value is -1.78. The molecule has 25 heavy (non-hydrogen) atoms. The summed E-state index contributed by atoms with van der Waals surface area (Å²) in [5.74, 6) is 1.55. The molecule has 4 nitrogen and oxygen atoms in total. The topological polar surface area (TPSA) is 48.6 Å². The predicted octanol–water partition coefficient (Wildman–Crippen LogP) is 3.92. The number of hydrogen-bond acceptors (Lipinski definition) is 4. The molecule has 2 aromatic rings. The van der Waals surface area contributed by atoms with Gasteiger partial charge >= 0.3 is 0 Å². The fourth-order valence-corrected chi connectivity index (χ4v) is 3.52. The van der Waals surface area contributed by atoms with Gasteiger partial charge in [0.25, 0.3) is 0 Å². The molecule has 1 unspecified atom stereocenters. The van der Waals surface area contributed by atoms with Gasteiger partial charge in [-0.25, -0.2) is 0 Å². The molecule has 0 radical (unpaired) electrons. The number of likely N-dealkylation sites (tertiary alicyclic amines) is 1. The number of aryl methyl sites for hydroxylation is 1. The van der Waals surface area contributed by atoms with Crippen molar-refractivity contribution in [3.8, 4) is 0 Å². The molecule has 0 spiro atoms. The number of piperidine rings is 1. The van der Waals surface area contributed by atoms with Gasteiger partial charge in [-0.1, -0.05) is 12.1 Å². The molecule has 136 valence electrons. The van der Waals surface area contributed by atoms with Gasteiger partial charge in [0.1, 0.15) is 5.76 Å². The lowest BCUT2D eigenvalue weighted by molar-refractivity contribution is 0.127. The molecule has 0 amide bonds. The Morgan fingerprint density at radius 1 is 1.24 bits per heavy atom. The second-order valence-electron chi connectivity index (χ2n) is 7.27. The van der Waals surface area contributed by atoms with Gasteiger partial charge in [0.15, 0.2) is 0 Å². The SMILES string of the molecule is CC(CCc1ccco1)Nc1cccc(CN2CCC(CO)CC2)c1. The van der Waals surface area contributed by atoms with Crippen LogP contribution in [0.15, 0.2) is 47.1 Å². The molecule has 1 aliphatic rings. The Morgan fingerprint density at radius 2 is 2.08 bits per heavy atom. The smallest absolute Gasteiger partial charge is 0.103 e. The first-order valence-corrected chi connectivity index (χ1v) is 9.44. The molecule has 1 fully saturated rings. The average Bonchev–Trinajstić information content (AvgIpc) is 3.15. The van der Waals surface area contributed by atoms with Crippen molar-refractivity contribution in [2.75, 3.05) is 25.0 Å². The van der Waals surface area contributed by atoms with Gasteiger partial charge < -0.3 is 14.8 Å². The number of aliphatic hydroxyl groups is 1. The van der Waals surface area contributed by atoms with Gasteiger partial charge in [0.05, 0.1) is 6.26 Å². The van der Waals surface area contributed by atoms with Crippen LogP contribution in [0.25, 0.3) is 0 Å². The predicted molar refractivity (Wildman–Crippen MR) is 102 cm³/mol. The summed E-state index contributed by atoms with van der Waals surface area (Å²) in [6.45, 7) is 5.72. The van der Waals surface area contributed by atoms with Crippen LogP contribution in [-0.2, 0) is 13.0 Å². The van der Waals surface area contributed by atoms with E-state index in [4.69, 9.17) is 4.42 Å². The third-order valence-electron chi connectivity index (χ3n) is 5.12. The first kappa shape index (κ1) is 18.0. The molecule has 1 atom stereocenters. The molecule has 1 aromatic heterocycles. The molecule has 1 saturated heterocycles. The number of hydrogen-bond donors (Lipinski definition) is 2. The summed E-state index contributed by atoms with van der Waals surface area (Å²) in [5, 5.41) is 12.9. The summed E-state index contributed by atoms with van der Waals surface area (Å²) in [4.78, 5) is 2.49. The van der Waals surface area contributed by atoms with E-state index in [0.717, 1.165) is 51.1 Å². The van der Waals surface area contributed by atoms with Crippen LogP contribution in [0.1, 0.15) is 37.5 Å². The van der Waals surface area contributed by atoms with Crippen molar-refractivity contribution in [2.24, 2.45) is 5.92 Å². The van der Waals surface area contributed by atoms with Crippen LogP contribution in [0, 0.1) is 5.92 Å². The normalized spacial score (nSPS) is 17.5. The van der Waals surface area contributed by atoms with E-state index in [0.29, 0.717) is 18.6 Å². The van der Waals surface area contributed by atoms with E-state index in [9.17, 15) is 5.11 Å². The molecule has 1 aliphatic heterocycles. The molecule has 0 saturated carbocycles. The summed E-state index contributed by atoms with van der Waals surface area (Å²) in [7, 11) is 0. The van der Waals surface area contributed by atoms with Gasteiger partial charge in [0.2, 0.25) is 0 Å². The van der Waals surface area contributed by atoms with E-state index in [1.165, 1.54) is 11.3 Å². The summed E-state index contributed by atoms with van der Waals surface area (Å²) in [6.07, 6.45) is 5.96. The van der Waals surface area contributed by atoms with E-state index in [-0.39, 0.29) is 0 Å². The fraction of sp³-hybridized carbons (Fsp3) is 0.524. The van der Waals surface area contributed by atoms with Crippen molar-refractivity contribution >= 4 is 5.69 Å². The molecule has 4 heteroatoms. The zero-order valence-electron chi connectivity index (χ0n) is 15.2. The molecular formula is C21H30N2O2. The highest BCUT2D eigenvalue weighted by Crippen LogP contribution is 2.20. The average molecular weight is 342 g/mol. The lowest BCUT2D eigenvalue weighted by atomic mass is 9.97. The fourth-order valence-electron chi connectivity index (χ4n) is 3.52. The van der Waals surface area contributed by atoms with Crippen LogP contribution in [0.4, 0.5) is 5.69 Å². The van der Waals surface area contributed by atoms with Crippen molar-refractivity contribution in [3.05, 3.63) is 54.0 Å². The number of nitrogens with one attached hydrogen (secondary N) is 1. The van der Waals surface area contributed by atoms with Gasteiger partial charge in [0, 0.05) is 31.3 Å². The Morgan fingerprint density at radius 3 is 2.80 bits per heavy atom. The van der Waals surface area contributed by atoms with Crippen molar-refractivity contribution in [1.82, 2.24) is 4.90 Å². The highest BCUT2D eigenvalue weighted by Gasteiger charge is 2.18. The minimum absolute atomic E-state index is 0.336. The van der Waals surface area contributed by atoms with Crippen LogP contribution in [-0.4, -0.2) is 35.7 Å². The molecule has 0 bridgehead atoms. The number of aliphatic hydroxyl groups excluding tert-OH is 1. The quantitative estimate of drug-likeness (QED) is 0.763. The largest absolute Gasteiger partial charge is 0.469 e. The molecule has 3 rings (SSSR count). The molecular weight excluding hydrogens is 312 g/mol. The zero-order valence-corrected chi connectivity index (χ0v) is 15.2. The Labute approximate surface area is 150 Å². The molecule has 2 heterocycles. The van der Waals surface area contributed by atoms with Gasteiger partial charge in [-0.05, 0) is 75.0 Å². The summed E-state index contributed by atoms with van der Waals surface area (Å²) in [6, 6.07) is 13.1. The number of anilines is 1. The highest BCUT2D eigenvalue weighted by atomic mass is 16.3. The lowest BCUT2D eigenvalue weighted by Crippen LogP contribution is -2.34. The van der Waals surface area contributed by atoms with Gasteiger partial charge in [-0.15, -0.1) is 0 Å². The minimum Gasteiger partial charge on any atom is -0.469 e. The maximum absolute atomic E-state index is 9.26. The number of benzene rings is 1. The number of nitrogens with zero attached hydrogens (tertiary/aromatic N) is 1. The second-order valence-corrected chi connectivity index (χ2v) is 7.27. The molecule has 0 aliphatic carbocycles. The van der Waals surface area contributed by atoms with Crippen molar-refractivity contribution in [1.29, 1.82) is 0 Å². The number of rotatable bonds is 8. The van der Waals surface area contributed by atoms with Crippen molar-refractivity contribution in [3.63, 3.8) is 0 Å². The monoisotopic (exact) mass is 342 g/mol. The Balaban J connectivity index is 1.47. The van der Waals surface area contributed by atoms with Crippen LogP contribution >= 0.6 is 0 Å².